The number of carbonyl (C=O) groups excluding carboxylic acids is 1. The van der Waals surface area contributed by atoms with Crippen molar-refractivity contribution >= 4 is 11.9 Å². The Morgan fingerprint density at radius 1 is 1.64 bits per heavy atom. The van der Waals surface area contributed by atoms with Crippen LogP contribution in [0.3, 0.4) is 0 Å². The highest BCUT2D eigenvalue weighted by Crippen LogP contribution is 2.11. The van der Waals surface area contributed by atoms with E-state index in [9.17, 15) is 9.59 Å². The Morgan fingerprint density at radius 2 is 2.36 bits per heavy atom. The molecule has 1 aliphatic rings. The Morgan fingerprint density at radius 3 is 2.86 bits per heavy atom. The summed E-state index contributed by atoms with van der Waals surface area (Å²) in [6, 6.07) is -0.870. The molecular weight excluding hydrogens is 186 g/mol. The van der Waals surface area contributed by atoms with E-state index < -0.39 is 12.0 Å². The third kappa shape index (κ3) is 2.76. The topological polar surface area (TPSA) is 75.6 Å². The van der Waals surface area contributed by atoms with E-state index in [1.54, 1.807) is 0 Å². The lowest BCUT2D eigenvalue weighted by atomic mass is 10.1. The maximum Gasteiger partial charge on any atom is 0.325 e. The van der Waals surface area contributed by atoms with Gasteiger partial charge < -0.3 is 15.2 Å². The van der Waals surface area contributed by atoms with Crippen LogP contribution in [0.1, 0.15) is 19.8 Å². The summed E-state index contributed by atoms with van der Waals surface area (Å²) in [6.07, 6.45) is 2.83. The minimum absolute atomic E-state index is 0.361. The molecule has 2 N–H and O–H groups in total. The van der Waals surface area contributed by atoms with Crippen molar-refractivity contribution in [3.05, 3.63) is 11.8 Å². The van der Waals surface area contributed by atoms with Gasteiger partial charge in [0.05, 0.1) is 18.4 Å². The van der Waals surface area contributed by atoms with Gasteiger partial charge in [-0.3, -0.25) is 9.59 Å². The number of rotatable bonds is 3. The first kappa shape index (κ1) is 10.6. The maximum absolute atomic E-state index is 11.4. The van der Waals surface area contributed by atoms with Crippen LogP contribution in [0.15, 0.2) is 11.8 Å². The van der Waals surface area contributed by atoms with Crippen molar-refractivity contribution in [1.82, 2.24) is 5.32 Å². The molecule has 0 saturated heterocycles. The van der Waals surface area contributed by atoms with E-state index in [-0.39, 0.29) is 5.91 Å². The van der Waals surface area contributed by atoms with Crippen molar-refractivity contribution < 1.29 is 19.4 Å². The van der Waals surface area contributed by atoms with Gasteiger partial charge in [0.25, 0.3) is 5.91 Å². The predicted molar refractivity (Wildman–Crippen MR) is 48.5 cm³/mol. The summed E-state index contributed by atoms with van der Waals surface area (Å²) in [4.78, 5) is 21.8. The number of amides is 1. The van der Waals surface area contributed by atoms with E-state index in [4.69, 9.17) is 9.84 Å². The van der Waals surface area contributed by atoms with Crippen LogP contribution in [0.5, 0.6) is 0 Å². The molecule has 0 saturated carbocycles. The van der Waals surface area contributed by atoms with Crippen LogP contribution in [0.4, 0.5) is 0 Å². The maximum atomic E-state index is 11.4. The lowest BCUT2D eigenvalue weighted by Gasteiger charge is -2.15. The summed E-state index contributed by atoms with van der Waals surface area (Å²) < 4.78 is 4.97. The van der Waals surface area contributed by atoms with Crippen LogP contribution < -0.4 is 5.32 Å². The minimum Gasteiger partial charge on any atom is -0.501 e. The van der Waals surface area contributed by atoms with Gasteiger partial charge in [0.2, 0.25) is 0 Å². The van der Waals surface area contributed by atoms with Crippen molar-refractivity contribution in [2.45, 2.75) is 25.8 Å². The van der Waals surface area contributed by atoms with Gasteiger partial charge in [-0.1, -0.05) is 0 Å². The number of carbonyl (C=O) groups is 2. The summed E-state index contributed by atoms with van der Waals surface area (Å²) in [7, 11) is 0. The van der Waals surface area contributed by atoms with E-state index in [0.717, 1.165) is 6.42 Å². The number of aliphatic carboxylic acids is 1. The molecule has 78 valence electrons. The van der Waals surface area contributed by atoms with Gasteiger partial charge in [0.15, 0.2) is 0 Å². The van der Waals surface area contributed by atoms with Crippen LogP contribution in [0.2, 0.25) is 0 Å². The van der Waals surface area contributed by atoms with Gasteiger partial charge in [0.1, 0.15) is 6.04 Å². The standard InChI is InChI=1S/C9H13NO4/c1-6(9(12)13)10-8(11)7-3-2-4-14-5-7/h5-6H,2-4H2,1H3,(H,10,11)(H,12,13). The average molecular weight is 199 g/mol. The van der Waals surface area contributed by atoms with Crippen molar-refractivity contribution in [2.75, 3.05) is 6.61 Å². The highest BCUT2D eigenvalue weighted by atomic mass is 16.5. The second kappa shape index (κ2) is 4.64. The zero-order valence-corrected chi connectivity index (χ0v) is 7.95. The summed E-state index contributed by atoms with van der Waals surface area (Å²) in [5.41, 5.74) is 0.504. The fraction of sp³-hybridized carbons (Fsp3) is 0.556. The minimum atomic E-state index is -1.05. The Bertz CT molecular complexity index is 272. The van der Waals surface area contributed by atoms with Crippen molar-refractivity contribution in [2.24, 2.45) is 0 Å². The number of ether oxygens (including phenoxy) is 1. The molecule has 0 aromatic carbocycles. The SMILES string of the molecule is CC(NC(=O)C1=COCCC1)C(=O)O. The molecule has 1 rings (SSSR count). The second-order valence-electron chi connectivity index (χ2n) is 3.15. The quantitative estimate of drug-likeness (QED) is 0.684. The monoisotopic (exact) mass is 199 g/mol. The second-order valence-corrected chi connectivity index (χ2v) is 3.15. The number of carboxylic acid groups (broad SMARTS) is 1. The molecule has 5 heteroatoms. The van der Waals surface area contributed by atoms with Crippen LogP contribution in [0, 0.1) is 0 Å². The molecule has 1 aliphatic heterocycles. The molecule has 0 aromatic rings. The van der Waals surface area contributed by atoms with E-state index >= 15 is 0 Å². The molecule has 0 radical (unpaired) electrons. The first-order valence-corrected chi connectivity index (χ1v) is 4.45. The first-order chi connectivity index (χ1) is 6.61. The summed E-state index contributed by atoms with van der Waals surface area (Å²) in [5, 5.41) is 10.9. The third-order valence-corrected chi connectivity index (χ3v) is 1.94. The van der Waals surface area contributed by atoms with Gasteiger partial charge in [-0.05, 0) is 19.8 Å². The number of hydrogen-bond acceptors (Lipinski definition) is 3. The molecule has 1 amide bonds. The molecule has 1 unspecified atom stereocenters. The molecule has 0 spiro atoms. The van der Waals surface area contributed by atoms with Gasteiger partial charge in [-0.2, -0.15) is 0 Å². The lowest BCUT2D eigenvalue weighted by Crippen LogP contribution is -2.39. The van der Waals surface area contributed by atoms with Gasteiger partial charge in [0, 0.05) is 0 Å². The Balaban J connectivity index is 2.49. The lowest BCUT2D eigenvalue weighted by molar-refractivity contribution is -0.140. The fourth-order valence-electron chi connectivity index (χ4n) is 1.08. The van der Waals surface area contributed by atoms with Gasteiger partial charge in [-0.25, -0.2) is 0 Å². The Hall–Kier alpha value is -1.52. The summed E-state index contributed by atoms with van der Waals surface area (Å²) >= 11 is 0. The van der Waals surface area contributed by atoms with Gasteiger partial charge >= 0.3 is 5.97 Å². The van der Waals surface area contributed by atoms with Crippen molar-refractivity contribution in [3.63, 3.8) is 0 Å². The molecule has 1 atom stereocenters. The predicted octanol–water partition coefficient (Wildman–Crippen LogP) is 0.270. The van der Waals surface area contributed by atoms with E-state index in [1.165, 1.54) is 13.2 Å². The highest BCUT2D eigenvalue weighted by molar-refractivity contribution is 5.95. The van der Waals surface area contributed by atoms with Crippen LogP contribution in [-0.4, -0.2) is 29.6 Å². The zero-order chi connectivity index (χ0) is 10.6. The highest BCUT2D eigenvalue weighted by Gasteiger charge is 2.18. The van der Waals surface area contributed by atoms with Crippen molar-refractivity contribution in [3.8, 4) is 0 Å². The van der Waals surface area contributed by atoms with Crippen LogP contribution >= 0.6 is 0 Å². The van der Waals surface area contributed by atoms with Crippen molar-refractivity contribution in [1.29, 1.82) is 0 Å². The molecule has 0 aromatic heterocycles. The number of nitrogens with one attached hydrogen (secondary N) is 1. The van der Waals surface area contributed by atoms with Crippen LogP contribution in [-0.2, 0) is 14.3 Å². The summed E-state index contributed by atoms with van der Waals surface area (Å²) in [5.74, 6) is -1.41. The normalized spacial score (nSPS) is 17.6. The fourth-order valence-corrected chi connectivity index (χ4v) is 1.08. The first-order valence-electron chi connectivity index (χ1n) is 4.45. The smallest absolute Gasteiger partial charge is 0.325 e. The molecule has 0 fully saturated rings. The average Bonchev–Trinajstić information content (AvgIpc) is 2.19. The molecular formula is C9H13NO4. The largest absolute Gasteiger partial charge is 0.501 e. The van der Waals surface area contributed by atoms with E-state index in [2.05, 4.69) is 5.32 Å². The Kier molecular flexibility index (Phi) is 3.50. The van der Waals surface area contributed by atoms with E-state index in [1.807, 2.05) is 0 Å². The summed E-state index contributed by atoms with van der Waals surface area (Å²) in [6.45, 7) is 2.04. The molecule has 14 heavy (non-hydrogen) atoms. The molecule has 1 heterocycles. The molecule has 0 aliphatic carbocycles. The van der Waals surface area contributed by atoms with E-state index in [0.29, 0.717) is 18.6 Å². The number of hydrogen-bond donors (Lipinski definition) is 2. The van der Waals surface area contributed by atoms with Gasteiger partial charge in [-0.15, -0.1) is 0 Å². The zero-order valence-electron chi connectivity index (χ0n) is 7.95. The third-order valence-electron chi connectivity index (χ3n) is 1.94. The molecule has 0 bridgehead atoms. The van der Waals surface area contributed by atoms with Crippen LogP contribution in [0.25, 0.3) is 0 Å². The Labute approximate surface area is 81.7 Å². The number of carboxylic acids is 1. The molecule has 5 nitrogen and oxygen atoms in total.